The summed E-state index contributed by atoms with van der Waals surface area (Å²) >= 11 is 1.18. The number of piperidine rings is 1. The van der Waals surface area contributed by atoms with Crippen LogP contribution in [0.5, 0.6) is 11.5 Å². The number of hydrogen-bond donors (Lipinski definition) is 0. The highest BCUT2D eigenvalue weighted by Gasteiger charge is 2.32. The molecule has 30 heavy (non-hydrogen) atoms. The van der Waals surface area contributed by atoms with Crippen molar-refractivity contribution >= 4 is 27.3 Å². The van der Waals surface area contributed by atoms with Crippen LogP contribution in [-0.4, -0.2) is 56.4 Å². The molecule has 0 atom stereocenters. The Labute approximate surface area is 181 Å². The lowest BCUT2D eigenvalue weighted by Gasteiger charge is -2.27. The maximum Gasteiger partial charge on any atom is 0.265 e. The summed E-state index contributed by atoms with van der Waals surface area (Å²) in [5.41, 5.74) is 0.909. The molecular formula is C21H26N2O5S2. The van der Waals surface area contributed by atoms with Gasteiger partial charge in [-0.15, -0.1) is 11.3 Å². The summed E-state index contributed by atoms with van der Waals surface area (Å²) in [4.78, 5) is 15.3. The second kappa shape index (κ2) is 8.95. The molecule has 0 saturated carbocycles. The summed E-state index contributed by atoms with van der Waals surface area (Å²) in [5.74, 6) is 1.11. The highest BCUT2D eigenvalue weighted by molar-refractivity contribution is 7.89. The number of carbonyl (C=O) groups excluding carboxylic acids is 1. The highest BCUT2D eigenvalue weighted by atomic mass is 32.2. The Hall–Kier alpha value is -2.10. The Morgan fingerprint density at radius 2 is 1.83 bits per heavy atom. The van der Waals surface area contributed by atoms with E-state index in [1.807, 2.05) is 25.1 Å². The molecule has 1 saturated heterocycles. The van der Waals surface area contributed by atoms with Gasteiger partial charge in [0.25, 0.3) is 5.91 Å². The monoisotopic (exact) mass is 450 g/mol. The van der Waals surface area contributed by atoms with E-state index in [-0.39, 0.29) is 15.7 Å². The molecule has 4 rings (SSSR count). The fourth-order valence-electron chi connectivity index (χ4n) is 3.78. The van der Waals surface area contributed by atoms with Crippen LogP contribution in [0.3, 0.4) is 0 Å². The number of fused-ring (bicyclic) bond motifs is 1. The summed E-state index contributed by atoms with van der Waals surface area (Å²) in [5, 5.41) is 1.68. The molecule has 0 bridgehead atoms. The minimum Gasteiger partial charge on any atom is -0.486 e. The Morgan fingerprint density at radius 1 is 1.10 bits per heavy atom. The van der Waals surface area contributed by atoms with Crippen molar-refractivity contribution in [1.29, 1.82) is 0 Å². The first-order chi connectivity index (χ1) is 14.5. The van der Waals surface area contributed by atoms with Crippen molar-refractivity contribution in [2.75, 3.05) is 32.8 Å². The second-order valence-electron chi connectivity index (χ2n) is 7.38. The maximum atomic E-state index is 13.3. The van der Waals surface area contributed by atoms with Gasteiger partial charge < -0.3 is 14.4 Å². The van der Waals surface area contributed by atoms with Gasteiger partial charge in [0.2, 0.25) is 10.0 Å². The zero-order valence-corrected chi connectivity index (χ0v) is 18.6. The molecule has 7 nitrogen and oxygen atoms in total. The van der Waals surface area contributed by atoms with Crippen molar-refractivity contribution in [1.82, 2.24) is 9.21 Å². The molecule has 0 aliphatic carbocycles. The van der Waals surface area contributed by atoms with E-state index in [1.165, 1.54) is 15.6 Å². The molecule has 0 unspecified atom stereocenters. The van der Waals surface area contributed by atoms with Crippen LogP contribution in [-0.2, 0) is 16.6 Å². The average molecular weight is 451 g/mol. The van der Waals surface area contributed by atoms with Gasteiger partial charge in [-0.3, -0.25) is 4.79 Å². The first-order valence-electron chi connectivity index (χ1n) is 10.3. The van der Waals surface area contributed by atoms with Crippen molar-refractivity contribution in [2.24, 2.45) is 0 Å². The number of benzene rings is 1. The SMILES string of the molecule is CCN(Cc1ccc2c(c1)OCCO2)C(=O)c1sccc1S(=O)(=O)N1CCCCC1. The predicted octanol–water partition coefficient (Wildman–Crippen LogP) is 3.36. The molecular weight excluding hydrogens is 424 g/mol. The van der Waals surface area contributed by atoms with Crippen molar-refractivity contribution in [3.05, 3.63) is 40.1 Å². The van der Waals surface area contributed by atoms with Gasteiger partial charge in [0.05, 0.1) is 0 Å². The van der Waals surface area contributed by atoms with Gasteiger partial charge in [-0.2, -0.15) is 4.31 Å². The third-order valence-corrected chi connectivity index (χ3v) is 8.38. The summed E-state index contributed by atoms with van der Waals surface area (Å²) in [6.45, 7) is 4.78. The second-order valence-corrected chi connectivity index (χ2v) is 10.2. The number of rotatable bonds is 6. The number of hydrogen-bond acceptors (Lipinski definition) is 6. The van der Waals surface area contributed by atoms with E-state index in [2.05, 4.69) is 0 Å². The molecule has 2 aliphatic rings. The lowest BCUT2D eigenvalue weighted by atomic mass is 10.1. The largest absolute Gasteiger partial charge is 0.486 e. The van der Waals surface area contributed by atoms with Crippen LogP contribution in [0.1, 0.15) is 41.4 Å². The van der Waals surface area contributed by atoms with Crippen LogP contribution < -0.4 is 9.47 Å². The number of carbonyl (C=O) groups is 1. The van der Waals surface area contributed by atoms with Gasteiger partial charge in [-0.05, 0) is 48.9 Å². The molecule has 0 N–H and O–H groups in total. The number of ether oxygens (including phenoxy) is 2. The quantitative estimate of drug-likeness (QED) is 0.675. The van der Waals surface area contributed by atoms with Crippen LogP contribution in [0.4, 0.5) is 0 Å². The fraction of sp³-hybridized carbons (Fsp3) is 0.476. The molecule has 0 spiro atoms. The van der Waals surface area contributed by atoms with Gasteiger partial charge in [0.15, 0.2) is 11.5 Å². The minimum atomic E-state index is -3.66. The van der Waals surface area contributed by atoms with E-state index in [0.29, 0.717) is 50.9 Å². The third-order valence-electron chi connectivity index (χ3n) is 5.41. The third kappa shape index (κ3) is 4.19. The molecule has 3 heterocycles. The smallest absolute Gasteiger partial charge is 0.265 e. The van der Waals surface area contributed by atoms with Gasteiger partial charge in [-0.1, -0.05) is 12.5 Å². The summed E-state index contributed by atoms with van der Waals surface area (Å²) in [6.07, 6.45) is 2.76. The predicted molar refractivity (Wildman–Crippen MR) is 115 cm³/mol. The minimum absolute atomic E-state index is 0.125. The molecule has 162 valence electrons. The van der Waals surface area contributed by atoms with E-state index >= 15 is 0 Å². The Kier molecular flexibility index (Phi) is 6.31. The van der Waals surface area contributed by atoms with Crippen LogP contribution in [0, 0.1) is 0 Å². The molecule has 1 fully saturated rings. The van der Waals surface area contributed by atoms with Gasteiger partial charge in [-0.25, -0.2) is 8.42 Å². The number of thiophene rings is 1. The molecule has 9 heteroatoms. The van der Waals surface area contributed by atoms with Crippen molar-refractivity contribution < 1.29 is 22.7 Å². The standard InChI is InChI=1S/C21H26N2O5S2/c1-2-22(15-16-6-7-17-18(14-16)28-12-11-27-17)21(24)20-19(8-13-29-20)30(25,26)23-9-4-3-5-10-23/h6-8,13-14H,2-5,9-12,15H2,1H3. The average Bonchev–Trinajstić information content (AvgIpc) is 3.28. The van der Waals surface area contributed by atoms with Crippen LogP contribution >= 0.6 is 11.3 Å². The molecule has 0 radical (unpaired) electrons. The number of amides is 1. The molecule has 1 amide bonds. The number of sulfonamides is 1. The van der Waals surface area contributed by atoms with E-state index in [0.717, 1.165) is 24.8 Å². The normalized spacial score (nSPS) is 17.0. The molecule has 1 aromatic heterocycles. The Morgan fingerprint density at radius 3 is 2.57 bits per heavy atom. The van der Waals surface area contributed by atoms with Crippen molar-refractivity contribution in [2.45, 2.75) is 37.6 Å². The molecule has 2 aliphatic heterocycles. The van der Waals surface area contributed by atoms with E-state index < -0.39 is 10.0 Å². The van der Waals surface area contributed by atoms with Crippen LogP contribution in [0.2, 0.25) is 0 Å². The van der Waals surface area contributed by atoms with E-state index in [1.54, 1.807) is 16.3 Å². The first kappa shape index (κ1) is 21.1. The Bertz CT molecular complexity index is 1010. The Balaban J connectivity index is 1.56. The topological polar surface area (TPSA) is 76.1 Å². The molecule has 1 aromatic carbocycles. The molecule has 2 aromatic rings. The van der Waals surface area contributed by atoms with Gasteiger partial charge >= 0.3 is 0 Å². The zero-order chi connectivity index (χ0) is 21.1. The van der Waals surface area contributed by atoms with Crippen LogP contribution in [0.25, 0.3) is 0 Å². The van der Waals surface area contributed by atoms with Crippen LogP contribution in [0.15, 0.2) is 34.5 Å². The van der Waals surface area contributed by atoms with Crippen molar-refractivity contribution in [3.63, 3.8) is 0 Å². The van der Waals surface area contributed by atoms with E-state index in [4.69, 9.17) is 9.47 Å². The zero-order valence-electron chi connectivity index (χ0n) is 17.0. The summed E-state index contributed by atoms with van der Waals surface area (Å²) in [6, 6.07) is 7.19. The van der Waals surface area contributed by atoms with Gasteiger partial charge in [0.1, 0.15) is 23.0 Å². The summed E-state index contributed by atoms with van der Waals surface area (Å²) in [7, 11) is -3.66. The van der Waals surface area contributed by atoms with E-state index in [9.17, 15) is 13.2 Å². The fourth-order valence-corrected chi connectivity index (χ4v) is 6.66. The highest BCUT2D eigenvalue weighted by Crippen LogP contribution is 2.32. The van der Waals surface area contributed by atoms with Crippen molar-refractivity contribution in [3.8, 4) is 11.5 Å². The lowest BCUT2D eigenvalue weighted by molar-refractivity contribution is 0.0753. The summed E-state index contributed by atoms with van der Waals surface area (Å²) < 4.78 is 39.0. The first-order valence-corrected chi connectivity index (χ1v) is 12.6. The maximum absolute atomic E-state index is 13.3. The number of nitrogens with zero attached hydrogens (tertiary/aromatic N) is 2. The van der Waals surface area contributed by atoms with Gasteiger partial charge in [0, 0.05) is 26.2 Å². The lowest BCUT2D eigenvalue weighted by Crippen LogP contribution is -2.37.